The van der Waals surface area contributed by atoms with E-state index in [2.05, 4.69) is 10.2 Å². The molecular weight excluding hydrogens is 439 g/mol. The highest BCUT2D eigenvalue weighted by Crippen LogP contribution is 2.27. The lowest BCUT2D eigenvalue weighted by Crippen LogP contribution is -2.41. The summed E-state index contributed by atoms with van der Waals surface area (Å²) in [7, 11) is 0. The van der Waals surface area contributed by atoms with Crippen molar-refractivity contribution in [3.05, 3.63) is 81.7 Å². The SMILES string of the molecule is Cc1ccc(NC(=O)C2CCN(c3nc4ccsc4c(=O)n3-c3ccccc3)CC2)cc1F. The van der Waals surface area contributed by atoms with Crippen LogP contribution in [0.5, 0.6) is 0 Å². The summed E-state index contributed by atoms with van der Waals surface area (Å²) in [5.74, 6) is -0.0417. The fourth-order valence-electron chi connectivity index (χ4n) is 4.18. The number of aromatic nitrogens is 2. The third kappa shape index (κ3) is 4.14. The number of amides is 1. The van der Waals surface area contributed by atoms with Crippen molar-refractivity contribution in [1.82, 2.24) is 9.55 Å². The topological polar surface area (TPSA) is 67.2 Å². The van der Waals surface area contributed by atoms with Gasteiger partial charge in [0.05, 0.1) is 11.2 Å². The highest BCUT2D eigenvalue weighted by molar-refractivity contribution is 7.17. The summed E-state index contributed by atoms with van der Waals surface area (Å²) in [5.41, 5.74) is 2.38. The number of carbonyl (C=O) groups excluding carboxylic acids is 1. The molecule has 2 aromatic carbocycles. The number of fused-ring (bicyclic) bond motifs is 1. The molecule has 1 fully saturated rings. The lowest BCUT2D eigenvalue weighted by Gasteiger charge is -2.33. The van der Waals surface area contributed by atoms with Crippen LogP contribution in [0.25, 0.3) is 15.9 Å². The molecule has 0 spiro atoms. The van der Waals surface area contributed by atoms with Gasteiger partial charge in [0.1, 0.15) is 10.5 Å². The second-order valence-corrected chi connectivity index (χ2v) is 9.15. The molecule has 0 unspecified atom stereocenters. The van der Waals surface area contributed by atoms with Crippen LogP contribution in [0, 0.1) is 18.7 Å². The summed E-state index contributed by atoms with van der Waals surface area (Å²) >= 11 is 1.39. The van der Waals surface area contributed by atoms with E-state index in [1.807, 2.05) is 41.8 Å². The molecule has 5 rings (SSSR count). The Morgan fingerprint density at radius 1 is 1.12 bits per heavy atom. The molecule has 0 atom stereocenters. The van der Waals surface area contributed by atoms with Crippen LogP contribution >= 0.6 is 11.3 Å². The van der Waals surface area contributed by atoms with E-state index >= 15 is 0 Å². The first kappa shape index (κ1) is 21.3. The summed E-state index contributed by atoms with van der Waals surface area (Å²) in [6, 6.07) is 16.1. The zero-order valence-corrected chi connectivity index (χ0v) is 18.9. The normalized spacial score (nSPS) is 14.5. The Hall–Kier alpha value is -3.52. The molecule has 168 valence electrons. The summed E-state index contributed by atoms with van der Waals surface area (Å²) in [4.78, 5) is 32.9. The highest BCUT2D eigenvalue weighted by Gasteiger charge is 2.28. The summed E-state index contributed by atoms with van der Waals surface area (Å²) in [6.07, 6.45) is 1.24. The van der Waals surface area contributed by atoms with Crippen molar-refractivity contribution in [2.24, 2.45) is 5.92 Å². The number of para-hydroxylation sites is 1. The van der Waals surface area contributed by atoms with Gasteiger partial charge < -0.3 is 10.2 Å². The number of nitrogens with one attached hydrogen (secondary N) is 1. The number of rotatable bonds is 4. The van der Waals surface area contributed by atoms with E-state index < -0.39 is 0 Å². The molecule has 3 heterocycles. The highest BCUT2D eigenvalue weighted by atomic mass is 32.1. The second kappa shape index (κ2) is 8.78. The molecule has 1 N–H and O–H groups in total. The number of anilines is 2. The van der Waals surface area contributed by atoms with Gasteiger partial charge in [-0.1, -0.05) is 24.3 Å². The van der Waals surface area contributed by atoms with Gasteiger partial charge in [0.15, 0.2) is 0 Å². The maximum Gasteiger partial charge on any atom is 0.277 e. The van der Waals surface area contributed by atoms with Gasteiger partial charge in [-0.25, -0.2) is 13.9 Å². The minimum Gasteiger partial charge on any atom is -0.342 e. The molecule has 0 aliphatic carbocycles. The Balaban J connectivity index is 1.38. The molecular formula is C25H23FN4O2S. The third-order valence-corrected chi connectivity index (χ3v) is 6.96. The zero-order chi connectivity index (χ0) is 22.9. The molecule has 2 aromatic heterocycles. The standard InChI is InChI=1S/C25H23FN4O2S/c1-16-7-8-18(15-20(16)26)27-23(31)17-9-12-29(13-10-17)25-28-21-11-14-33-22(21)24(32)30(25)19-5-3-2-4-6-19/h2-8,11,14-15,17H,9-10,12-13H2,1H3,(H,27,31). The third-order valence-electron chi connectivity index (χ3n) is 6.06. The average molecular weight is 463 g/mol. The van der Waals surface area contributed by atoms with Crippen LogP contribution in [0.2, 0.25) is 0 Å². The average Bonchev–Trinajstić information content (AvgIpc) is 3.31. The fourth-order valence-corrected chi connectivity index (χ4v) is 4.94. The molecule has 4 aromatic rings. The number of hydrogen-bond donors (Lipinski definition) is 1. The summed E-state index contributed by atoms with van der Waals surface area (Å²) in [6.45, 7) is 2.87. The molecule has 8 heteroatoms. The number of halogens is 1. The van der Waals surface area contributed by atoms with Gasteiger partial charge >= 0.3 is 0 Å². The van der Waals surface area contributed by atoms with Gasteiger partial charge in [-0.15, -0.1) is 11.3 Å². The number of aryl methyl sites for hydroxylation is 1. The van der Waals surface area contributed by atoms with Crippen LogP contribution in [-0.2, 0) is 4.79 Å². The van der Waals surface area contributed by atoms with Crippen molar-refractivity contribution in [3.63, 3.8) is 0 Å². The van der Waals surface area contributed by atoms with Crippen LogP contribution in [0.1, 0.15) is 18.4 Å². The second-order valence-electron chi connectivity index (χ2n) is 8.24. The molecule has 0 bridgehead atoms. The maximum atomic E-state index is 13.8. The van der Waals surface area contributed by atoms with E-state index in [1.165, 1.54) is 17.4 Å². The van der Waals surface area contributed by atoms with Gasteiger partial charge in [0.25, 0.3) is 5.56 Å². The van der Waals surface area contributed by atoms with E-state index in [-0.39, 0.29) is 23.2 Å². The first-order valence-electron chi connectivity index (χ1n) is 10.9. The number of hydrogen-bond acceptors (Lipinski definition) is 5. The molecule has 0 radical (unpaired) electrons. The first-order chi connectivity index (χ1) is 16.0. The monoisotopic (exact) mass is 462 g/mol. The number of piperidine rings is 1. The Labute approximate surface area is 194 Å². The van der Waals surface area contributed by atoms with Crippen LogP contribution in [0.4, 0.5) is 16.0 Å². The maximum absolute atomic E-state index is 13.8. The van der Waals surface area contributed by atoms with Gasteiger partial charge in [-0.05, 0) is 61.0 Å². The molecule has 1 saturated heterocycles. The lowest BCUT2D eigenvalue weighted by atomic mass is 9.96. The molecule has 6 nitrogen and oxygen atoms in total. The number of nitrogens with zero attached hydrogens (tertiary/aromatic N) is 3. The smallest absolute Gasteiger partial charge is 0.277 e. The molecule has 0 saturated carbocycles. The van der Waals surface area contributed by atoms with Crippen molar-refractivity contribution < 1.29 is 9.18 Å². The summed E-state index contributed by atoms with van der Waals surface area (Å²) in [5, 5.41) is 4.71. The number of thiophene rings is 1. The van der Waals surface area contributed by atoms with Gasteiger partial charge in [0.2, 0.25) is 11.9 Å². The van der Waals surface area contributed by atoms with E-state index in [9.17, 15) is 14.0 Å². The molecule has 33 heavy (non-hydrogen) atoms. The van der Waals surface area contributed by atoms with Crippen molar-refractivity contribution >= 4 is 39.1 Å². The molecule has 1 aliphatic rings. The number of benzene rings is 2. The van der Waals surface area contributed by atoms with Gasteiger partial charge in [-0.3, -0.25) is 9.59 Å². The van der Waals surface area contributed by atoms with Crippen LogP contribution in [-0.4, -0.2) is 28.5 Å². The van der Waals surface area contributed by atoms with Gasteiger partial charge in [0, 0.05) is 24.7 Å². The fraction of sp³-hybridized carbons (Fsp3) is 0.240. The molecule has 1 amide bonds. The Bertz CT molecular complexity index is 1370. The van der Waals surface area contributed by atoms with Crippen LogP contribution < -0.4 is 15.8 Å². The number of carbonyl (C=O) groups is 1. The van der Waals surface area contributed by atoms with E-state index in [0.717, 1.165) is 5.69 Å². The van der Waals surface area contributed by atoms with Crippen LogP contribution in [0.3, 0.4) is 0 Å². The Kier molecular flexibility index (Phi) is 5.68. The predicted octanol–water partition coefficient (Wildman–Crippen LogP) is 4.75. The first-order valence-corrected chi connectivity index (χ1v) is 11.8. The minimum atomic E-state index is -0.337. The van der Waals surface area contributed by atoms with Gasteiger partial charge in [-0.2, -0.15) is 0 Å². The minimum absolute atomic E-state index is 0.0857. The largest absolute Gasteiger partial charge is 0.342 e. The van der Waals surface area contributed by atoms with Crippen molar-refractivity contribution in [2.75, 3.05) is 23.3 Å². The van der Waals surface area contributed by atoms with E-state index in [4.69, 9.17) is 4.98 Å². The van der Waals surface area contributed by atoms with E-state index in [0.29, 0.717) is 53.3 Å². The van der Waals surface area contributed by atoms with Crippen molar-refractivity contribution in [2.45, 2.75) is 19.8 Å². The quantitative estimate of drug-likeness (QED) is 0.475. The zero-order valence-electron chi connectivity index (χ0n) is 18.1. The Morgan fingerprint density at radius 2 is 1.88 bits per heavy atom. The Morgan fingerprint density at radius 3 is 2.61 bits per heavy atom. The summed E-state index contributed by atoms with van der Waals surface area (Å²) < 4.78 is 16.1. The predicted molar refractivity (Wildman–Crippen MR) is 130 cm³/mol. The van der Waals surface area contributed by atoms with Crippen LogP contribution in [0.15, 0.2) is 64.8 Å². The molecule has 1 aliphatic heterocycles. The van der Waals surface area contributed by atoms with E-state index in [1.54, 1.807) is 23.6 Å². The van der Waals surface area contributed by atoms with Crippen molar-refractivity contribution in [1.29, 1.82) is 0 Å². The lowest BCUT2D eigenvalue weighted by molar-refractivity contribution is -0.120. The van der Waals surface area contributed by atoms with Crippen molar-refractivity contribution in [3.8, 4) is 5.69 Å².